The van der Waals surface area contributed by atoms with Crippen LogP contribution in [0.1, 0.15) is 19.3 Å². The predicted octanol–water partition coefficient (Wildman–Crippen LogP) is 2.76. The molecule has 84 valence electrons. The van der Waals surface area contributed by atoms with Crippen LogP contribution in [0, 0.1) is 0 Å². The van der Waals surface area contributed by atoms with Crippen LogP contribution in [0.15, 0.2) is 38.0 Å². The number of hydrogen-bond donors (Lipinski definition) is 0. The van der Waals surface area contributed by atoms with Crippen molar-refractivity contribution in [2.45, 2.75) is 31.3 Å². The van der Waals surface area contributed by atoms with Gasteiger partial charge in [0.05, 0.1) is 0 Å². The topological polar surface area (TPSA) is 27.7 Å². The summed E-state index contributed by atoms with van der Waals surface area (Å²) in [6.07, 6.45) is 6.93. The maximum Gasteiger partial charge on any atom is 0.181 e. The van der Waals surface area contributed by atoms with Gasteiger partial charge >= 0.3 is 0 Å². The monoisotopic (exact) mass is 210 g/mol. The highest BCUT2D eigenvalue weighted by Crippen LogP contribution is 2.30. The average Bonchev–Trinajstić information content (AvgIpc) is 2.19. The first-order valence-corrected chi connectivity index (χ1v) is 5.02. The van der Waals surface area contributed by atoms with Crippen molar-refractivity contribution in [2.75, 3.05) is 6.79 Å². The first-order valence-electron chi connectivity index (χ1n) is 5.02. The molecule has 0 aromatic rings. The molecule has 1 atom stereocenters. The van der Waals surface area contributed by atoms with Crippen LogP contribution in [0.3, 0.4) is 0 Å². The molecule has 1 fully saturated rings. The van der Waals surface area contributed by atoms with Gasteiger partial charge in [-0.25, -0.2) is 0 Å². The first kappa shape index (κ1) is 12.2. The average molecular weight is 210 g/mol. The van der Waals surface area contributed by atoms with Crippen molar-refractivity contribution >= 4 is 0 Å². The Labute approximate surface area is 91.0 Å². The standard InChI is InChI=1S/C12H18O3/c1-4-7-11-13-10-14-12(15-11,8-5-2)9-6-3/h4-6,11H,1-3,7-10H2. The van der Waals surface area contributed by atoms with E-state index in [2.05, 4.69) is 19.7 Å². The Balaban J connectivity index is 2.64. The Hall–Kier alpha value is -0.900. The summed E-state index contributed by atoms with van der Waals surface area (Å²) in [7, 11) is 0. The highest BCUT2D eigenvalue weighted by Gasteiger charge is 2.36. The Morgan fingerprint density at radius 3 is 2.33 bits per heavy atom. The third-order valence-electron chi connectivity index (χ3n) is 2.19. The fourth-order valence-corrected chi connectivity index (χ4v) is 1.51. The van der Waals surface area contributed by atoms with Gasteiger partial charge in [0.2, 0.25) is 0 Å². The lowest BCUT2D eigenvalue weighted by molar-refractivity contribution is -0.393. The maximum atomic E-state index is 5.74. The van der Waals surface area contributed by atoms with Gasteiger partial charge < -0.3 is 14.2 Å². The minimum atomic E-state index is -0.657. The second-order valence-electron chi connectivity index (χ2n) is 3.40. The number of hydrogen-bond acceptors (Lipinski definition) is 3. The molecule has 1 heterocycles. The van der Waals surface area contributed by atoms with Crippen molar-refractivity contribution in [3.63, 3.8) is 0 Å². The molecule has 0 saturated carbocycles. The van der Waals surface area contributed by atoms with Crippen LogP contribution < -0.4 is 0 Å². The van der Waals surface area contributed by atoms with E-state index in [4.69, 9.17) is 14.2 Å². The summed E-state index contributed by atoms with van der Waals surface area (Å²) in [5.41, 5.74) is 0. The molecule has 0 radical (unpaired) electrons. The second-order valence-corrected chi connectivity index (χ2v) is 3.40. The second kappa shape index (κ2) is 5.85. The Bertz CT molecular complexity index is 225. The first-order chi connectivity index (χ1) is 7.26. The van der Waals surface area contributed by atoms with Crippen LogP contribution in [-0.4, -0.2) is 18.9 Å². The highest BCUT2D eigenvalue weighted by molar-refractivity contribution is 4.88. The molecule has 1 aliphatic rings. The molecule has 1 unspecified atom stereocenters. The summed E-state index contributed by atoms with van der Waals surface area (Å²) in [5, 5.41) is 0. The summed E-state index contributed by atoms with van der Waals surface area (Å²) < 4.78 is 16.5. The Kier molecular flexibility index (Phi) is 4.75. The van der Waals surface area contributed by atoms with Gasteiger partial charge in [-0.05, 0) is 0 Å². The third-order valence-corrected chi connectivity index (χ3v) is 2.19. The lowest BCUT2D eigenvalue weighted by atomic mass is 10.1. The zero-order chi connectivity index (χ0) is 11.1. The third kappa shape index (κ3) is 3.30. The van der Waals surface area contributed by atoms with Gasteiger partial charge in [-0.2, -0.15) is 0 Å². The van der Waals surface area contributed by atoms with Crippen molar-refractivity contribution < 1.29 is 14.2 Å². The van der Waals surface area contributed by atoms with Gasteiger partial charge in [-0.1, -0.05) is 18.2 Å². The molecule has 0 aliphatic carbocycles. The molecule has 3 nitrogen and oxygen atoms in total. The quantitative estimate of drug-likeness (QED) is 0.631. The molecule has 0 spiro atoms. The van der Waals surface area contributed by atoms with Gasteiger partial charge in [0.15, 0.2) is 18.9 Å². The van der Waals surface area contributed by atoms with Gasteiger partial charge in [0.1, 0.15) is 0 Å². The molecule has 0 aromatic carbocycles. The molecule has 1 rings (SSSR count). The summed E-state index contributed by atoms with van der Waals surface area (Å²) in [6.45, 7) is 11.3. The molecule has 3 heteroatoms. The summed E-state index contributed by atoms with van der Waals surface area (Å²) >= 11 is 0. The van der Waals surface area contributed by atoms with Gasteiger partial charge in [-0.3, -0.25) is 0 Å². The van der Waals surface area contributed by atoms with E-state index in [1.807, 2.05) is 0 Å². The smallest absolute Gasteiger partial charge is 0.181 e. The fraction of sp³-hybridized carbons (Fsp3) is 0.500. The van der Waals surface area contributed by atoms with Crippen molar-refractivity contribution in [3.8, 4) is 0 Å². The van der Waals surface area contributed by atoms with Gasteiger partial charge in [0, 0.05) is 19.3 Å². The van der Waals surface area contributed by atoms with E-state index in [-0.39, 0.29) is 13.1 Å². The molecule has 1 saturated heterocycles. The minimum Gasteiger partial charge on any atom is -0.326 e. The van der Waals surface area contributed by atoms with Gasteiger partial charge in [0.25, 0.3) is 0 Å². The summed E-state index contributed by atoms with van der Waals surface area (Å²) in [5.74, 6) is -0.657. The van der Waals surface area contributed by atoms with Crippen LogP contribution in [-0.2, 0) is 14.2 Å². The number of ether oxygens (including phenoxy) is 3. The van der Waals surface area contributed by atoms with E-state index in [0.717, 1.165) is 0 Å². The van der Waals surface area contributed by atoms with E-state index >= 15 is 0 Å². The van der Waals surface area contributed by atoms with E-state index in [0.29, 0.717) is 19.3 Å². The van der Waals surface area contributed by atoms with Crippen molar-refractivity contribution in [1.82, 2.24) is 0 Å². The number of rotatable bonds is 6. The van der Waals surface area contributed by atoms with Crippen molar-refractivity contribution in [3.05, 3.63) is 38.0 Å². The molecular weight excluding hydrogens is 192 g/mol. The van der Waals surface area contributed by atoms with E-state index < -0.39 is 5.79 Å². The molecule has 1 aliphatic heterocycles. The zero-order valence-electron chi connectivity index (χ0n) is 8.98. The van der Waals surface area contributed by atoms with E-state index in [1.54, 1.807) is 18.2 Å². The normalized spacial score (nSPS) is 24.4. The molecule has 0 N–H and O–H groups in total. The van der Waals surface area contributed by atoms with Crippen molar-refractivity contribution in [2.24, 2.45) is 0 Å². The largest absolute Gasteiger partial charge is 0.326 e. The molecule has 15 heavy (non-hydrogen) atoms. The van der Waals surface area contributed by atoms with Crippen LogP contribution >= 0.6 is 0 Å². The fourth-order valence-electron chi connectivity index (χ4n) is 1.51. The summed E-state index contributed by atoms with van der Waals surface area (Å²) in [4.78, 5) is 0. The van der Waals surface area contributed by atoms with Crippen LogP contribution in [0.4, 0.5) is 0 Å². The lowest BCUT2D eigenvalue weighted by Gasteiger charge is -2.39. The van der Waals surface area contributed by atoms with Gasteiger partial charge in [-0.15, -0.1) is 19.7 Å². The SMILES string of the molecule is C=CCC1OCOC(CC=C)(CC=C)O1. The van der Waals surface area contributed by atoms with E-state index in [9.17, 15) is 0 Å². The molecule has 0 aromatic heterocycles. The maximum absolute atomic E-state index is 5.74. The van der Waals surface area contributed by atoms with Crippen LogP contribution in [0.25, 0.3) is 0 Å². The van der Waals surface area contributed by atoms with Crippen LogP contribution in [0.5, 0.6) is 0 Å². The molecule has 0 bridgehead atoms. The Morgan fingerprint density at radius 1 is 1.13 bits per heavy atom. The predicted molar refractivity (Wildman–Crippen MR) is 59.1 cm³/mol. The van der Waals surface area contributed by atoms with Crippen LogP contribution in [0.2, 0.25) is 0 Å². The lowest BCUT2D eigenvalue weighted by Crippen LogP contribution is -2.45. The van der Waals surface area contributed by atoms with E-state index in [1.165, 1.54) is 0 Å². The Morgan fingerprint density at radius 2 is 1.80 bits per heavy atom. The molecular formula is C12H18O3. The summed E-state index contributed by atoms with van der Waals surface area (Å²) in [6, 6.07) is 0. The zero-order valence-corrected chi connectivity index (χ0v) is 8.98. The highest BCUT2D eigenvalue weighted by atomic mass is 16.9. The minimum absolute atomic E-state index is 0.236. The molecule has 0 amide bonds. The van der Waals surface area contributed by atoms with Crippen molar-refractivity contribution in [1.29, 1.82) is 0 Å².